The molecular weight excluding hydrogens is 638 g/mol. The second-order valence-electron chi connectivity index (χ2n) is 13.2. The summed E-state index contributed by atoms with van der Waals surface area (Å²) in [5, 5.41) is 3.28. The Kier molecular flexibility index (Phi) is 11.2. The van der Waals surface area contributed by atoms with Crippen LogP contribution >= 0.6 is 0 Å². The molecule has 7 nitrogen and oxygen atoms in total. The van der Waals surface area contributed by atoms with Crippen molar-refractivity contribution < 1.29 is 32.6 Å². The maximum Gasteiger partial charge on any atom is 0.274 e. The zero-order valence-corrected chi connectivity index (χ0v) is 30.0. The molecule has 1 amide bonds. The van der Waals surface area contributed by atoms with Gasteiger partial charge in [0.05, 0.1) is 30.6 Å². The van der Waals surface area contributed by atoms with Crippen molar-refractivity contribution in [3.63, 3.8) is 0 Å². The number of carbonyl (C=O) groups excluding carboxylic acids is 2. The summed E-state index contributed by atoms with van der Waals surface area (Å²) >= 11 is 0. The Balaban J connectivity index is 1.45. The summed E-state index contributed by atoms with van der Waals surface area (Å²) in [6, 6.07) is 10.0. The lowest BCUT2D eigenvalue weighted by Gasteiger charge is -2.20. The number of nitrogens with one attached hydrogen (secondary N) is 1. The van der Waals surface area contributed by atoms with Crippen LogP contribution in [-0.4, -0.2) is 49.8 Å². The van der Waals surface area contributed by atoms with Crippen LogP contribution in [-0.2, 0) is 0 Å². The SMILES string of the molecule is C/C=C1/CCCC(/C=C(/C)C(=O)c2ccc(NC3=C=C(C)C(Oc4cccc5c4C(=O)N(C)CCO5)=C(C(C)(F)F)C=C3C)c(OC)c2)CC1. The zero-order valence-electron chi connectivity index (χ0n) is 30.0. The van der Waals surface area contributed by atoms with Gasteiger partial charge in [-0.3, -0.25) is 9.59 Å². The molecule has 1 atom stereocenters. The molecule has 5 rings (SSSR count). The summed E-state index contributed by atoms with van der Waals surface area (Å²) in [6.07, 6.45) is 11.1. The van der Waals surface area contributed by atoms with E-state index < -0.39 is 5.92 Å². The minimum atomic E-state index is -3.30. The fourth-order valence-electron chi connectivity index (χ4n) is 6.52. The molecule has 1 saturated carbocycles. The molecule has 1 N–H and O–H groups in total. The molecule has 50 heavy (non-hydrogen) atoms. The van der Waals surface area contributed by atoms with E-state index in [9.17, 15) is 9.59 Å². The van der Waals surface area contributed by atoms with Gasteiger partial charge in [0, 0.05) is 25.1 Å². The third kappa shape index (κ3) is 8.11. The summed E-state index contributed by atoms with van der Waals surface area (Å²) in [5.41, 5.74) is 7.39. The number of nitrogens with zero attached hydrogens (tertiary/aromatic N) is 1. The molecule has 264 valence electrons. The third-order valence-electron chi connectivity index (χ3n) is 9.46. The highest BCUT2D eigenvalue weighted by Gasteiger charge is 2.34. The van der Waals surface area contributed by atoms with Gasteiger partial charge < -0.3 is 24.4 Å². The van der Waals surface area contributed by atoms with Crippen molar-refractivity contribution in [3.05, 3.63) is 111 Å². The number of halogens is 2. The maximum atomic E-state index is 15.3. The van der Waals surface area contributed by atoms with Crippen LogP contribution < -0.4 is 19.5 Å². The van der Waals surface area contributed by atoms with E-state index in [-0.39, 0.29) is 39.9 Å². The van der Waals surface area contributed by atoms with Crippen LogP contribution in [0.1, 0.15) is 87.4 Å². The predicted molar refractivity (Wildman–Crippen MR) is 192 cm³/mol. The van der Waals surface area contributed by atoms with E-state index in [1.165, 1.54) is 23.7 Å². The number of Topliss-reactive ketones (excluding diaryl/α,β-unsaturated/α-hetero) is 1. The Morgan fingerprint density at radius 3 is 2.64 bits per heavy atom. The van der Waals surface area contributed by atoms with Gasteiger partial charge in [0.2, 0.25) is 0 Å². The van der Waals surface area contributed by atoms with Crippen LogP contribution in [0.2, 0.25) is 0 Å². The van der Waals surface area contributed by atoms with Gasteiger partial charge in [-0.2, -0.15) is 0 Å². The number of rotatable bonds is 9. The average Bonchev–Trinajstić information content (AvgIpc) is 3.45. The molecule has 2 aliphatic carbocycles. The lowest BCUT2D eigenvalue weighted by molar-refractivity contribution is 0.0636. The first-order chi connectivity index (χ1) is 23.8. The van der Waals surface area contributed by atoms with Gasteiger partial charge in [-0.25, -0.2) is 8.78 Å². The lowest BCUT2D eigenvalue weighted by atomic mass is 9.94. The number of fused-ring (bicyclic) bond motifs is 1. The van der Waals surface area contributed by atoms with Crippen LogP contribution in [0.25, 0.3) is 0 Å². The number of hydrogen-bond acceptors (Lipinski definition) is 6. The molecule has 0 spiro atoms. The fraction of sp³-hybridized carbons (Fsp3) is 0.390. The number of allylic oxidation sites excluding steroid dienone is 7. The number of carbonyl (C=O) groups is 2. The van der Waals surface area contributed by atoms with Crippen LogP contribution in [0.15, 0.2) is 99.7 Å². The number of likely N-dealkylation sites (N-methyl/N-ethyl adjacent to an activating group) is 1. The van der Waals surface area contributed by atoms with E-state index >= 15 is 8.78 Å². The van der Waals surface area contributed by atoms with Gasteiger partial charge in [-0.05, 0) is 113 Å². The molecule has 2 aromatic carbocycles. The minimum Gasteiger partial charge on any atom is -0.495 e. The summed E-state index contributed by atoms with van der Waals surface area (Å²) in [5.74, 6) is -2.60. The summed E-state index contributed by atoms with van der Waals surface area (Å²) in [7, 11) is 3.17. The van der Waals surface area contributed by atoms with Gasteiger partial charge in [0.25, 0.3) is 11.8 Å². The fourth-order valence-corrected chi connectivity index (χ4v) is 6.52. The molecule has 0 bridgehead atoms. The quantitative estimate of drug-likeness (QED) is 0.0932. The first-order valence-corrected chi connectivity index (χ1v) is 17.1. The molecule has 3 aliphatic rings. The molecule has 2 aromatic rings. The Bertz CT molecular complexity index is 1870. The molecule has 9 heteroatoms. The predicted octanol–water partition coefficient (Wildman–Crippen LogP) is 9.60. The Morgan fingerprint density at radius 1 is 1.14 bits per heavy atom. The smallest absolute Gasteiger partial charge is 0.274 e. The highest BCUT2D eigenvalue weighted by Crippen LogP contribution is 2.39. The van der Waals surface area contributed by atoms with E-state index in [1.807, 2.05) is 6.92 Å². The van der Waals surface area contributed by atoms with Crippen LogP contribution in [0.3, 0.4) is 0 Å². The monoisotopic (exact) mass is 684 g/mol. The van der Waals surface area contributed by atoms with Gasteiger partial charge in [0.15, 0.2) is 5.78 Å². The molecule has 1 aliphatic heterocycles. The van der Waals surface area contributed by atoms with Crippen molar-refractivity contribution >= 4 is 17.4 Å². The number of hydrogen-bond donors (Lipinski definition) is 1. The zero-order chi connectivity index (χ0) is 36.2. The average molecular weight is 685 g/mol. The number of alkyl halides is 2. The van der Waals surface area contributed by atoms with E-state index in [2.05, 4.69) is 30.1 Å². The van der Waals surface area contributed by atoms with E-state index in [0.717, 1.165) is 39.0 Å². The second kappa shape index (κ2) is 15.3. The second-order valence-corrected chi connectivity index (χ2v) is 13.2. The van der Waals surface area contributed by atoms with Gasteiger partial charge in [-0.15, -0.1) is 0 Å². The Labute approximate surface area is 293 Å². The molecule has 0 aromatic heterocycles. The first kappa shape index (κ1) is 36.4. The normalized spacial score (nSPS) is 19.7. The molecule has 0 radical (unpaired) electrons. The number of ether oxygens (including phenoxy) is 3. The molecule has 1 unspecified atom stereocenters. The minimum absolute atomic E-state index is 0.0689. The summed E-state index contributed by atoms with van der Waals surface area (Å²) < 4.78 is 48.2. The van der Waals surface area contributed by atoms with E-state index in [0.29, 0.717) is 58.7 Å². The van der Waals surface area contributed by atoms with Crippen molar-refractivity contribution in [1.82, 2.24) is 4.90 Å². The van der Waals surface area contributed by atoms with Crippen molar-refractivity contribution in [2.45, 2.75) is 72.6 Å². The maximum absolute atomic E-state index is 15.3. The van der Waals surface area contributed by atoms with Gasteiger partial charge in [-0.1, -0.05) is 29.5 Å². The van der Waals surface area contributed by atoms with Crippen molar-refractivity contribution in [2.24, 2.45) is 5.92 Å². The first-order valence-electron chi connectivity index (χ1n) is 17.1. The number of methoxy groups -OCH3 is 1. The van der Waals surface area contributed by atoms with Crippen molar-refractivity contribution in [1.29, 1.82) is 0 Å². The van der Waals surface area contributed by atoms with Crippen LogP contribution in [0, 0.1) is 5.92 Å². The highest BCUT2D eigenvalue weighted by molar-refractivity contribution is 6.08. The Hall–Kier alpha value is -4.88. The van der Waals surface area contributed by atoms with Crippen molar-refractivity contribution in [2.75, 3.05) is 32.6 Å². The molecule has 0 saturated heterocycles. The van der Waals surface area contributed by atoms with Crippen LogP contribution in [0.5, 0.6) is 17.2 Å². The van der Waals surface area contributed by atoms with E-state index in [4.69, 9.17) is 14.2 Å². The number of ketones is 1. The van der Waals surface area contributed by atoms with Gasteiger partial charge >= 0.3 is 0 Å². The number of benzene rings is 2. The molecular formula is C41H46F2N2O5. The lowest BCUT2D eigenvalue weighted by Crippen LogP contribution is -2.28. The van der Waals surface area contributed by atoms with Gasteiger partial charge in [0.1, 0.15) is 35.2 Å². The van der Waals surface area contributed by atoms with Crippen molar-refractivity contribution in [3.8, 4) is 17.2 Å². The van der Waals surface area contributed by atoms with E-state index in [1.54, 1.807) is 57.3 Å². The number of amides is 1. The summed E-state index contributed by atoms with van der Waals surface area (Å²) in [6.45, 7) is 8.76. The largest absolute Gasteiger partial charge is 0.495 e. The molecule has 1 heterocycles. The summed E-state index contributed by atoms with van der Waals surface area (Å²) in [4.78, 5) is 28.2. The number of anilines is 1. The topological polar surface area (TPSA) is 77.1 Å². The third-order valence-corrected chi connectivity index (χ3v) is 9.46. The standard InChI is InChI=1S/C41H46F2N2O5/c1-8-28-11-9-12-29(16-15-28)21-26(3)38(46)30-17-18-32(36(24-30)48-7)44-33-23-27(4)39(31(22-25(33)2)41(5,42)43)50-35-14-10-13-34-37(35)40(47)45(6)19-20-49-34/h8,10,13-14,17-18,21-22,24,29,44H,9,11-12,15-16,19-20H2,1-7H3/b26-21-,28-8-. The molecule has 1 fully saturated rings. The Morgan fingerprint density at radius 2 is 1.92 bits per heavy atom. The van der Waals surface area contributed by atoms with Crippen LogP contribution in [0.4, 0.5) is 14.5 Å². The highest BCUT2D eigenvalue weighted by atomic mass is 19.3.